The third-order valence-corrected chi connectivity index (χ3v) is 3.38. The molecule has 0 aliphatic rings. The topological polar surface area (TPSA) is 71.5 Å². The molecule has 6 nitrogen and oxygen atoms in total. The highest BCUT2D eigenvalue weighted by atomic mass is 79.9. The standard InChI is InChI=1S/C13H16BrN3O3/c1-8-6-12(16-20-8)15-13(18)9(2)17(3)7-10-4-5-11(14)19-10/h4-6,9H,7H2,1-3H3,(H,15,16,18). The van der Waals surface area contributed by atoms with Crippen LogP contribution in [0.15, 0.2) is 31.8 Å². The predicted molar refractivity (Wildman–Crippen MR) is 77.2 cm³/mol. The van der Waals surface area contributed by atoms with Crippen molar-refractivity contribution in [2.24, 2.45) is 0 Å². The van der Waals surface area contributed by atoms with Gasteiger partial charge < -0.3 is 14.3 Å². The summed E-state index contributed by atoms with van der Waals surface area (Å²) in [6, 6.07) is 5.04. The summed E-state index contributed by atoms with van der Waals surface area (Å²) in [6.45, 7) is 4.13. The quantitative estimate of drug-likeness (QED) is 0.905. The maximum absolute atomic E-state index is 12.1. The summed E-state index contributed by atoms with van der Waals surface area (Å²) < 4.78 is 11.0. The molecule has 1 amide bonds. The molecular weight excluding hydrogens is 326 g/mol. The Morgan fingerprint density at radius 1 is 1.55 bits per heavy atom. The third kappa shape index (κ3) is 3.71. The molecule has 1 N–H and O–H groups in total. The van der Waals surface area contributed by atoms with Crippen LogP contribution in [-0.2, 0) is 11.3 Å². The Morgan fingerprint density at radius 2 is 2.30 bits per heavy atom. The molecule has 0 radical (unpaired) electrons. The Labute approximate surface area is 125 Å². The van der Waals surface area contributed by atoms with Crippen LogP contribution in [0.1, 0.15) is 18.4 Å². The number of carbonyl (C=O) groups excluding carboxylic acids is 1. The number of nitrogens with zero attached hydrogens (tertiary/aromatic N) is 2. The fourth-order valence-electron chi connectivity index (χ4n) is 1.68. The Bertz CT molecular complexity index is 593. The van der Waals surface area contributed by atoms with Gasteiger partial charge in [0.2, 0.25) is 5.91 Å². The zero-order valence-corrected chi connectivity index (χ0v) is 13.1. The summed E-state index contributed by atoms with van der Waals surface area (Å²) >= 11 is 3.25. The van der Waals surface area contributed by atoms with Crippen LogP contribution in [-0.4, -0.2) is 29.1 Å². The van der Waals surface area contributed by atoms with E-state index in [1.807, 2.05) is 31.0 Å². The van der Waals surface area contributed by atoms with Gasteiger partial charge >= 0.3 is 0 Å². The number of carbonyl (C=O) groups is 1. The minimum absolute atomic E-state index is 0.147. The van der Waals surface area contributed by atoms with Gasteiger partial charge in [0.25, 0.3) is 0 Å². The number of amides is 1. The molecule has 1 unspecified atom stereocenters. The van der Waals surface area contributed by atoms with Gasteiger partial charge in [-0.2, -0.15) is 0 Å². The van der Waals surface area contributed by atoms with Crippen LogP contribution in [0.5, 0.6) is 0 Å². The van der Waals surface area contributed by atoms with Crippen LogP contribution in [0.25, 0.3) is 0 Å². The molecule has 7 heteroatoms. The highest BCUT2D eigenvalue weighted by Gasteiger charge is 2.20. The fourth-order valence-corrected chi connectivity index (χ4v) is 2.02. The predicted octanol–water partition coefficient (Wildman–Crippen LogP) is 2.80. The van der Waals surface area contributed by atoms with E-state index in [0.29, 0.717) is 22.8 Å². The lowest BCUT2D eigenvalue weighted by Crippen LogP contribution is -2.39. The zero-order chi connectivity index (χ0) is 14.7. The molecule has 0 aromatic carbocycles. The monoisotopic (exact) mass is 341 g/mol. The first-order valence-electron chi connectivity index (χ1n) is 6.14. The molecule has 0 saturated carbocycles. The van der Waals surface area contributed by atoms with E-state index in [9.17, 15) is 4.79 Å². The molecule has 2 aromatic rings. The van der Waals surface area contributed by atoms with Gasteiger partial charge in [-0.1, -0.05) is 5.16 Å². The van der Waals surface area contributed by atoms with E-state index >= 15 is 0 Å². The summed E-state index contributed by atoms with van der Waals surface area (Å²) in [6.07, 6.45) is 0. The average Bonchev–Trinajstić information content (AvgIpc) is 2.97. The number of hydrogen-bond acceptors (Lipinski definition) is 5. The Hall–Kier alpha value is -1.60. The highest BCUT2D eigenvalue weighted by Crippen LogP contribution is 2.16. The van der Waals surface area contributed by atoms with E-state index in [1.54, 1.807) is 13.0 Å². The first-order chi connectivity index (χ1) is 9.45. The second-order valence-corrected chi connectivity index (χ2v) is 5.39. The molecule has 2 aromatic heterocycles. The molecule has 0 saturated heterocycles. The van der Waals surface area contributed by atoms with Crippen LogP contribution in [0.4, 0.5) is 5.82 Å². The number of aryl methyl sites for hydroxylation is 1. The Balaban J connectivity index is 1.92. The van der Waals surface area contributed by atoms with Gasteiger partial charge in [-0.05, 0) is 49.0 Å². The molecule has 0 bridgehead atoms. The number of anilines is 1. The number of furan rings is 1. The van der Waals surface area contributed by atoms with Crippen LogP contribution >= 0.6 is 15.9 Å². The smallest absolute Gasteiger partial charge is 0.242 e. The number of rotatable bonds is 5. The van der Waals surface area contributed by atoms with Crippen molar-refractivity contribution in [3.63, 3.8) is 0 Å². The lowest BCUT2D eigenvalue weighted by molar-refractivity contribution is -0.120. The second kappa shape index (κ2) is 6.23. The van der Waals surface area contributed by atoms with Crippen molar-refractivity contribution < 1.29 is 13.7 Å². The summed E-state index contributed by atoms with van der Waals surface area (Å²) in [5.74, 6) is 1.72. The van der Waals surface area contributed by atoms with E-state index in [1.165, 1.54) is 0 Å². The Kier molecular flexibility index (Phi) is 4.61. The van der Waals surface area contributed by atoms with E-state index in [-0.39, 0.29) is 11.9 Å². The first-order valence-corrected chi connectivity index (χ1v) is 6.93. The van der Waals surface area contributed by atoms with Crippen LogP contribution in [0.3, 0.4) is 0 Å². The van der Waals surface area contributed by atoms with Gasteiger partial charge in [-0.25, -0.2) is 0 Å². The van der Waals surface area contributed by atoms with Gasteiger partial charge in [0.15, 0.2) is 10.5 Å². The van der Waals surface area contributed by atoms with Crippen molar-refractivity contribution >= 4 is 27.7 Å². The molecule has 0 fully saturated rings. The van der Waals surface area contributed by atoms with Crippen LogP contribution < -0.4 is 5.32 Å². The van der Waals surface area contributed by atoms with Gasteiger partial charge in [-0.15, -0.1) is 0 Å². The molecule has 108 valence electrons. The molecule has 1 atom stereocenters. The lowest BCUT2D eigenvalue weighted by Gasteiger charge is -2.22. The fraction of sp³-hybridized carbons (Fsp3) is 0.385. The van der Waals surface area contributed by atoms with Crippen molar-refractivity contribution in [3.05, 3.63) is 34.4 Å². The molecule has 2 heterocycles. The number of aromatic nitrogens is 1. The van der Waals surface area contributed by atoms with Gasteiger partial charge in [0.1, 0.15) is 11.5 Å². The summed E-state index contributed by atoms with van der Waals surface area (Å²) in [5.41, 5.74) is 0. The zero-order valence-electron chi connectivity index (χ0n) is 11.5. The normalized spacial score (nSPS) is 12.7. The molecule has 20 heavy (non-hydrogen) atoms. The third-order valence-electron chi connectivity index (χ3n) is 2.95. The largest absolute Gasteiger partial charge is 0.453 e. The number of nitrogens with one attached hydrogen (secondary N) is 1. The molecule has 2 rings (SSSR count). The summed E-state index contributed by atoms with van der Waals surface area (Å²) in [5, 5.41) is 6.44. The molecular formula is C13H16BrN3O3. The van der Waals surface area contributed by atoms with Crippen molar-refractivity contribution in [1.82, 2.24) is 10.1 Å². The molecule has 0 aliphatic heterocycles. The first kappa shape index (κ1) is 14.8. The minimum atomic E-state index is -0.323. The SMILES string of the molecule is Cc1cc(NC(=O)C(C)N(C)Cc2ccc(Br)o2)no1. The minimum Gasteiger partial charge on any atom is -0.453 e. The van der Waals surface area contributed by atoms with Crippen molar-refractivity contribution in [3.8, 4) is 0 Å². The number of halogens is 1. The van der Waals surface area contributed by atoms with E-state index in [0.717, 1.165) is 5.76 Å². The van der Waals surface area contributed by atoms with E-state index in [4.69, 9.17) is 8.94 Å². The van der Waals surface area contributed by atoms with E-state index in [2.05, 4.69) is 26.4 Å². The number of hydrogen-bond donors (Lipinski definition) is 1. The van der Waals surface area contributed by atoms with Crippen molar-refractivity contribution in [2.45, 2.75) is 26.4 Å². The molecule has 0 spiro atoms. The van der Waals surface area contributed by atoms with Crippen LogP contribution in [0, 0.1) is 6.92 Å². The van der Waals surface area contributed by atoms with Crippen molar-refractivity contribution in [2.75, 3.05) is 12.4 Å². The lowest BCUT2D eigenvalue weighted by atomic mass is 10.2. The number of likely N-dealkylation sites (N-methyl/N-ethyl adjacent to an activating group) is 1. The Morgan fingerprint density at radius 3 is 2.85 bits per heavy atom. The van der Waals surface area contributed by atoms with Gasteiger partial charge in [0.05, 0.1) is 12.6 Å². The summed E-state index contributed by atoms with van der Waals surface area (Å²) in [7, 11) is 1.86. The van der Waals surface area contributed by atoms with Crippen LogP contribution in [0.2, 0.25) is 0 Å². The van der Waals surface area contributed by atoms with Crippen molar-refractivity contribution in [1.29, 1.82) is 0 Å². The second-order valence-electron chi connectivity index (χ2n) is 4.61. The van der Waals surface area contributed by atoms with E-state index < -0.39 is 0 Å². The van der Waals surface area contributed by atoms with Gasteiger partial charge in [0, 0.05) is 6.07 Å². The summed E-state index contributed by atoms with van der Waals surface area (Å²) in [4.78, 5) is 14.0. The maximum atomic E-state index is 12.1. The average molecular weight is 342 g/mol. The molecule has 0 aliphatic carbocycles. The highest BCUT2D eigenvalue weighted by molar-refractivity contribution is 9.10. The maximum Gasteiger partial charge on any atom is 0.242 e. The van der Waals surface area contributed by atoms with Gasteiger partial charge in [-0.3, -0.25) is 9.69 Å².